The molecule has 0 bridgehead atoms. The molecule has 4 aromatic rings. The summed E-state index contributed by atoms with van der Waals surface area (Å²) in [5.41, 5.74) is 1.97. The molecule has 28 heavy (non-hydrogen) atoms. The van der Waals surface area contributed by atoms with Crippen LogP contribution in [0.5, 0.6) is 0 Å². The number of halogens is 3. The van der Waals surface area contributed by atoms with Gasteiger partial charge >= 0.3 is 5.51 Å². The van der Waals surface area contributed by atoms with Gasteiger partial charge in [-0.3, -0.25) is 5.10 Å². The van der Waals surface area contributed by atoms with Crippen molar-refractivity contribution in [3.8, 4) is 11.1 Å². The van der Waals surface area contributed by atoms with Crippen molar-refractivity contribution >= 4 is 34.4 Å². The van der Waals surface area contributed by atoms with Gasteiger partial charge in [0.2, 0.25) is 5.95 Å². The maximum absolute atomic E-state index is 12.4. The van der Waals surface area contributed by atoms with Gasteiger partial charge in [0.1, 0.15) is 0 Å². The van der Waals surface area contributed by atoms with Crippen LogP contribution in [-0.2, 0) is 0 Å². The van der Waals surface area contributed by atoms with Gasteiger partial charge in [0.25, 0.3) is 0 Å². The fourth-order valence-electron chi connectivity index (χ4n) is 3.07. The van der Waals surface area contributed by atoms with Gasteiger partial charge in [-0.25, -0.2) is 4.98 Å². The molecule has 0 fully saturated rings. The van der Waals surface area contributed by atoms with Crippen molar-refractivity contribution in [1.82, 2.24) is 20.2 Å². The summed E-state index contributed by atoms with van der Waals surface area (Å²) in [4.78, 5) is 7.84. The zero-order valence-electron chi connectivity index (χ0n) is 15.0. The molecule has 0 aliphatic heterocycles. The molecule has 0 aliphatic carbocycles. The topological polar surface area (TPSA) is 69.4 Å². The molecule has 144 valence electrons. The number of imidazole rings is 1. The van der Waals surface area contributed by atoms with Crippen LogP contribution in [0.3, 0.4) is 0 Å². The number of anilines is 2. The van der Waals surface area contributed by atoms with E-state index in [0.717, 1.165) is 33.5 Å². The molecular weight excluding hydrogens is 387 g/mol. The SMILES string of the molecule is Cc1n[nH]c(C)c1-c1ccc2[nH]c(Nc3ccc(SC(F)(F)F)cc3)nc2c1. The van der Waals surface area contributed by atoms with Gasteiger partial charge in [-0.1, -0.05) is 6.07 Å². The molecule has 0 radical (unpaired) electrons. The molecule has 0 saturated heterocycles. The van der Waals surface area contributed by atoms with Gasteiger partial charge in [-0.15, -0.1) is 0 Å². The molecule has 0 amide bonds. The van der Waals surface area contributed by atoms with Crippen molar-refractivity contribution < 1.29 is 13.2 Å². The summed E-state index contributed by atoms with van der Waals surface area (Å²) >= 11 is -0.137. The third-order valence-electron chi connectivity index (χ3n) is 4.25. The number of benzene rings is 2. The van der Waals surface area contributed by atoms with Gasteiger partial charge in [0, 0.05) is 21.8 Å². The number of nitrogens with one attached hydrogen (secondary N) is 3. The molecular formula is C19H16F3N5S. The Hall–Kier alpha value is -2.94. The van der Waals surface area contributed by atoms with Gasteiger partial charge in [0.05, 0.1) is 16.7 Å². The lowest BCUT2D eigenvalue weighted by Gasteiger charge is -2.07. The summed E-state index contributed by atoms with van der Waals surface area (Å²) in [7, 11) is 0. The smallest absolute Gasteiger partial charge is 0.326 e. The number of aryl methyl sites for hydroxylation is 2. The summed E-state index contributed by atoms with van der Waals surface area (Å²) in [5, 5.41) is 10.3. The molecule has 9 heteroatoms. The summed E-state index contributed by atoms with van der Waals surface area (Å²) in [6, 6.07) is 11.9. The zero-order valence-corrected chi connectivity index (χ0v) is 15.8. The zero-order chi connectivity index (χ0) is 19.9. The number of thioether (sulfide) groups is 1. The molecule has 2 heterocycles. The highest BCUT2D eigenvalue weighted by molar-refractivity contribution is 8.00. The summed E-state index contributed by atoms with van der Waals surface area (Å²) in [6.07, 6.45) is 0. The van der Waals surface area contributed by atoms with Gasteiger partial charge < -0.3 is 10.3 Å². The fraction of sp³-hybridized carbons (Fsp3) is 0.158. The third-order valence-corrected chi connectivity index (χ3v) is 4.99. The van der Waals surface area contributed by atoms with Crippen LogP contribution in [-0.4, -0.2) is 25.7 Å². The number of hydrogen-bond donors (Lipinski definition) is 3. The van der Waals surface area contributed by atoms with E-state index in [0.29, 0.717) is 11.6 Å². The van der Waals surface area contributed by atoms with Crippen LogP contribution in [0.15, 0.2) is 47.4 Å². The van der Waals surface area contributed by atoms with Gasteiger partial charge in [0.15, 0.2) is 0 Å². The van der Waals surface area contributed by atoms with Gasteiger partial charge in [-0.05, 0) is 67.6 Å². The lowest BCUT2D eigenvalue weighted by Crippen LogP contribution is -1.99. The van der Waals surface area contributed by atoms with E-state index in [1.807, 2.05) is 32.0 Å². The molecule has 0 spiro atoms. The van der Waals surface area contributed by atoms with Crippen LogP contribution in [0.25, 0.3) is 22.2 Å². The summed E-state index contributed by atoms with van der Waals surface area (Å²) in [6.45, 7) is 3.92. The number of rotatable bonds is 4. The minimum atomic E-state index is -4.29. The van der Waals surface area contributed by atoms with E-state index in [4.69, 9.17) is 0 Å². The lowest BCUT2D eigenvalue weighted by molar-refractivity contribution is -0.0328. The molecule has 0 aliphatic rings. The predicted molar refractivity (Wildman–Crippen MR) is 105 cm³/mol. The predicted octanol–water partition coefficient (Wildman–Crippen LogP) is 5.93. The first-order valence-corrected chi connectivity index (χ1v) is 9.25. The van der Waals surface area contributed by atoms with Crippen LogP contribution in [0.2, 0.25) is 0 Å². The number of hydrogen-bond acceptors (Lipinski definition) is 4. The van der Waals surface area contributed by atoms with Crippen molar-refractivity contribution in [3.63, 3.8) is 0 Å². The Bertz CT molecular complexity index is 1110. The van der Waals surface area contributed by atoms with Crippen LogP contribution in [0.4, 0.5) is 24.8 Å². The second-order valence-electron chi connectivity index (χ2n) is 6.32. The number of alkyl halides is 3. The second kappa shape index (κ2) is 6.90. The maximum atomic E-state index is 12.4. The highest BCUT2D eigenvalue weighted by Gasteiger charge is 2.29. The van der Waals surface area contributed by atoms with E-state index in [-0.39, 0.29) is 16.7 Å². The number of aromatic nitrogens is 4. The van der Waals surface area contributed by atoms with E-state index < -0.39 is 5.51 Å². The first-order valence-electron chi connectivity index (χ1n) is 8.43. The second-order valence-corrected chi connectivity index (χ2v) is 7.46. The molecule has 3 N–H and O–H groups in total. The monoisotopic (exact) mass is 403 g/mol. The van der Waals surface area contributed by atoms with Gasteiger partial charge in [-0.2, -0.15) is 18.3 Å². The first kappa shape index (κ1) is 18.4. The largest absolute Gasteiger partial charge is 0.446 e. The molecule has 5 nitrogen and oxygen atoms in total. The number of aromatic amines is 2. The Morgan fingerprint density at radius 1 is 1.04 bits per heavy atom. The van der Waals surface area contributed by atoms with Crippen LogP contribution in [0, 0.1) is 13.8 Å². The standard InChI is InChI=1S/C19H16F3N5S/c1-10-17(11(2)27-26-10)12-3-8-15-16(9-12)25-18(24-15)23-13-4-6-14(7-5-13)28-19(20,21)22/h3-9H,1-2H3,(H,26,27)(H2,23,24,25). The minimum Gasteiger partial charge on any atom is -0.326 e. The highest BCUT2D eigenvalue weighted by Crippen LogP contribution is 2.37. The fourth-order valence-corrected chi connectivity index (χ4v) is 3.61. The summed E-state index contributed by atoms with van der Waals surface area (Å²) in [5.74, 6) is 0.518. The molecule has 2 aromatic heterocycles. The van der Waals surface area contributed by atoms with Crippen molar-refractivity contribution in [2.24, 2.45) is 0 Å². The normalized spacial score (nSPS) is 11.9. The number of nitrogens with zero attached hydrogens (tertiary/aromatic N) is 2. The maximum Gasteiger partial charge on any atom is 0.446 e. The third kappa shape index (κ3) is 3.84. The Morgan fingerprint density at radius 2 is 1.79 bits per heavy atom. The molecule has 0 atom stereocenters. The van der Waals surface area contributed by atoms with E-state index in [2.05, 4.69) is 25.5 Å². The quantitative estimate of drug-likeness (QED) is 0.370. The lowest BCUT2D eigenvalue weighted by atomic mass is 10.0. The Labute approximate surface area is 162 Å². The molecule has 0 saturated carbocycles. The molecule has 4 rings (SSSR count). The van der Waals surface area contributed by atoms with Crippen molar-refractivity contribution in [3.05, 3.63) is 53.9 Å². The summed E-state index contributed by atoms with van der Waals surface area (Å²) < 4.78 is 37.3. The highest BCUT2D eigenvalue weighted by atomic mass is 32.2. The number of H-pyrrole nitrogens is 2. The Balaban J connectivity index is 1.57. The average molecular weight is 403 g/mol. The minimum absolute atomic E-state index is 0.137. The van der Waals surface area contributed by atoms with E-state index in [1.54, 1.807) is 12.1 Å². The van der Waals surface area contributed by atoms with E-state index in [9.17, 15) is 13.2 Å². The molecule has 0 unspecified atom stereocenters. The van der Waals surface area contributed by atoms with Crippen molar-refractivity contribution in [2.75, 3.05) is 5.32 Å². The Morgan fingerprint density at radius 3 is 2.43 bits per heavy atom. The van der Waals surface area contributed by atoms with Crippen LogP contribution < -0.4 is 5.32 Å². The van der Waals surface area contributed by atoms with E-state index >= 15 is 0 Å². The van der Waals surface area contributed by atoms with Crippen LogP contribution >= 0.6 is 11.8 Å². The number of fused-ring (bicyclic) bond motifs is 1. The first-order chi connectivity index (χ1) is 13.3. The molecule has 2 aromatic carbocycles. The van der Waals surface area contributed by atoms with Crippen LogP contribution in [0.1, 0.15) is 11.4 Å². The van der Waals surface area contributed by atoms with Crippen molar-refractivity contribution in [2.45, 2.75) is 24.3 Å². The van der Waals surface area contributed by atoms with E-state index in [1.165, 1.54) is 12.1 Å². The van der Waals surface area contributed by atoms with Crippen molar-refractivity contribution in [1.29, 1.82) is 0 Å². The Kier molecular flexibility index (Phi) is 4.54. The average Bonchev–Trinajstić information content (AvgIpc) is 3.17.